The van der Waals surface area contributed by atoms with Crippen molar-refractivity contribution in [3.05, 3.63) is 84.2 Å². The van der Waals surface area contributed by atoms with Crippen LogP contribution in [0, 0.1) is 0 Å². The number of hydrogen-bond acceptors (Lipinski definition) is 5. The maximum Gasteiger partial charge on any atom is 0.228 e. The van der Waals surface area contributed by atoms with Crippen LogP contribution in [0.15, 0.2) is 73.1 Å². The van der Waals surface area contributed by atoms with Gasteiger partial charge in [-0.05, 0) is 42.3 Å². The minimum absolute atomic E-state index is 0.0436. The number of methoxy groups -OCH3 is 1. The first-order valence-corrected chi connectivity index (χ1v) is 11.1. The number of nitrogens with one attached hydrogen (secondary N) is 1. The first-order valence-electron chi connectivity index (χ1n) is 11.1. The van der Waals surface area contributed by atoms with E-state index in [1.54, 1.807) is 7.11 Å². The number of piperazine rings is 1. The van der Waals surface area contributed by atoms with Gasteiger partial charge in [0.25, 0.3) is 0 Å². The van der Waals surface area contributed by atoms with Crippen molar-refractivity contribution in [3.8, 4) is 5.75 Å². The highest BCUT2D eigenvalue weighted by Crippen LogP contribution is 2.27. The van der Waals surface area contributed by atoms with Gasteiger partial charge in [0.15, 0.2) is 0 Å². The molecule has 1 saturated heterocycles. The Hall–Kier alpha value is -3.38. The normalized spacial score (nSPS) is 14.2. The van der Waals surface area contributed by atoms with E-state index in [9.17, 15) is 4.79 Å². The zero-order valence-electron chi connectivity index (χ0n) is 18.5. The summed E-state index contributed by atoms with van der Waals surface area (Å²) in [6, 6.07) is 19.9. The number of carbonyl (C=O) groups is 1. The summed E-state index contributed by atoms with van der Waals surface area (Å²) in [6.45, 7) is 4.95. The lowest BCUT2D eigenvalue weighted by Gasteiger charge is -2.37. The Labute approximate surface area is 189 Å². The molecule has 1 fully saturated rings. The molecule has 1 aliphatic rings. The number of pyridine rings is 1. The van der Waals surface area contributed by atoms with Crippen molar-refractivity contribution in [3.63, 3.8) is 0 Å². The predicted molar refractivity (Wildman–Crippen MR) is 128 cm³/mol. The second-order valence-corrected chi connectivity index (χ2v) is 7.99. The third-order valence-electron chi connectivity index (χ3n) is 5.90. The van der Waals surface area contributed by atoms with Crippen molar-refractivity contribution in [2.75, 3.05) is 50.1 Å². The van der Waals surface area contributed by atoms with Gasteiger partial charge in [0.1, 0.15) is 5.75 Å². The van der Waals surface area contributed by atoms with Crippen LogP contribution in [0.5, 0.6) is 5.75 Å². The molecule has 2 heterocycles. The van der Waals surface area contributed by atoms with Crippen molar-refractivity contribution >= 4 is 17.3 Å². The number of rotatable bonds is 8. The van der Waals surface area contributed by atoms with E-state index in [4.69, 9.17) is 4.74 Å². The van der Waals surface area contributed by atoms with Gasteiger partial charge >= 0.3 is 0 Å². The van der Waals surface area contributed by atoms with Crippen LogP contribution in [-0.2, 0) is 17.6 Å². The van der Waals surface area contributed by atoms with Crippen LogP contribution in [0.2, 0.25) is 0 Å². The molecular formula is C26H30N4O2. The molecule has 3 aromatic rings. The fraction of sp³-hybridized carbons (Fsp3) is 0.308. The molecule has 0 aliphatic carbocycles. The van der Waals surface area contributed by atoms with E-state index in [1.165, 1.54) is 5.56 Å². The highest BCUT2D eigenvalue weighted by atomic mass is 16.5. The molecule has 4 rings (SSSR count). The largest absolute Gasteiger partial charge is 0.496 e. The third kappa shape index (κ3) is 5.65. The number of ether oxygens (including phenoxy) is 1. The second-order valence-electron chi connectivity index (χ2n) is 7.99. The molecule has 166 valence electrons. The van der Waals surface area contributed by atoms with E-state index in [-0.39, 0.29) is 12.3 Å². The van der Waals surface area contributed by atoms with Crippen LogP contribution in [0.3, 0.4) is 0 Å². The Kier molecular flexibility index (Phi) is 7.35. The molecule has 0 unspecified atom stereocenters. The highest BCUT2D eigenvalue weighted by molar-refractivity contribution is 5.95. The number of nitrogens with zero attached hydrogens (tertiary/aromatic N) is 3. The third-order valence-corrected chi connectivity index (χ3v) is 5.90. The summed E-state index contributed by atoms with van der Waals surface area (Å²) in [5.74, 6) is 0.691. The Morgan fingerprint density at radius 3 is 2.47 bits per heavy atom. The number of para-hydroxylation sites is 3. The molecule has 0 bridgehead atoms. The van der Waals surface area contributed by atoms with E-state index >= 15 is 0 Å². The maximum atomic E-state index is 12.8. The van der Waals surface area contributed by atoms with E-state index in [0.29, 0.717) is 0 Å². The van der Waals surface area contributed by atoms with Gasteiger partial charge in [0.2, 0.25) is 5.91 Å². The van der Waals surface area contributed by atoms with Gasteiger partial charge in [-0.1, -0.05) is 30.3 Å². The summed E-state index contributed by atoms with van der Waals surface area (Å²) in [5.41, 5.74) is 4.14. The summed E-state index contributed by atoms with van der Waals surface area (Å²) < 4.78 is 5.38. The molecule has 6 nitrogen and oxygen atoms in total. The van der Waals surface area contributed by atoms with Crippen LogP contribution < -0.4 is 15.0 Å². The monoisotopic (exact) mass is 430 g/mol. The standard InChI is InChI=1S/C26H30N4O2/c1-32-25-9-5-2-6-22(25)20-26(31)28-23-7-3-4-8-24(23)30-18-16-29(17-19-30)15-12-21-10-13-27-14-11-21/h2-11,13-14H,12,15-20H2,1H3,(H,28,31). The average molecular weight is 431 g/mol. The molecule has 1 aliphatic heterocycles. The lowest BCUT2D eigenvalue weighted by Crippen LogP contribution is -2.47. The van der Waals surface area contributed by atoms with Crippen molar-refractivity contribution in [1.82, 2.24) is 9.88 Å². The Bertz CT molecular complexity index is 1020. The molecule has 1 amide bonds. The number of aromatic nitrogens is 1. The Morgan fingerprint density at radius 1 is 0.969 bits per heavy atom. The molecular weight excluding hydrogens is 400 g/mol. The van der Waals surface area contributed by atoms with Crippen LogP contribution in [0.1, 0.15) is 11.1 Å². The summed E-state index contributed by atoms with van der Waals surface area (Å²) in [4.78, 5) is 21.7. The summed E-state index contributed by atoms with van der Waals surface area (Å²) >= 11 is 0. The van der Waals surface area contributed by atoms with Crippen LogP contribution in [0.25, 0.3) is 0 Å². The highest BCUT2D eigenvalue weighted by Gasteiger charge is 2.20. The smallest absolute Gasteiger partial charge is 0.228 e. The number of amides is 1. The molecule has 0 spiro atoms. The molecule has 0 atom stereocenters. The van der Waals surface area contributed by atoms with Gasteiger partial charge in [-0.2, -0.15) is 0 Å². The van der Waals surface area contributed by atoms with Crippen molar-refractivity contribution < 1.29 is 9.53 Å². The SMILES string of the molecule is COc1ccccc1CC(=O)Nc1ccccc1N1CCN(CCc2ccncc2)CC1. The maximum absolute atomic E-state index is 12.8. The van der Waals surface area contributed by atoms with E-state index in [2.05, 4.69) is 38.3 Å². The van der Waals surface area contributed by atoms with Gasteiger partial charge in [-0.25, -0.2) is 0 Å². The van der Waals surface area contributed by atoms with Gasteiger partial charge in [0.05, 0.1) is 24.9 Å². The predicted octanol–water partition coefficient (Wildman–Crippen LogP) is 3.64. The van der Waals surface area contributed by atoms with Crippen LogP contribution in [0.4, 0.5) is 11.4 Å². The van der Waals surface area contributed by atoms with Gasteiger partial charge in [-0.15, -0.1) is 0 Å². The number of hydrogen-bond donors (Lipinski definition) is 1. The second kappa shape index (κ2) is 10.8. The average Bonchev–Trinajstić information content (AvgIpc) is 2.84. The molecule has 32 heavy (non-hydrogen) atoms. The Morgan fingerprint density at radius 2 is 1.69 bits per heavy atom. The lowest BCUT2D eigenvalue weighted by molar-refractivity contribution is -0.115. The Balaban J connectivity index is 1.34. The van der Waals surface area contributed by atoms with E-state index < -0.39 is 0 Å². The number of carbonyl (C=O) groups excluding carboxylic acids is 1. The zero-order valence-corrected chi connectivity index (χ0v) is 18.5. The fourth-order valence-electron chi connectivity index (χ4n) is 4.12. The molecule has 0 radical (unpaired) electrons. The lowest BCUT2D eigenvalue weighted by atomic mass is 10.1. The summed E-state index contributed by atoms with van der Waals surface area (Å²) in [7, 11) is 1.63. The number of benzene rings is 2. The summed E-state index contributed by atoms with van der Waals surface area (Å²) in [5, 5.41) is 3.11. The molecule has 6 heteroatoms. The molecule has 2 aromatic carbocycles. The fourth-order valence-corrected chi connectivity index (χ4v) is 4.12. The molecule has 0 saturated carbocycles. The molecule has 1 aromatic heterocycles. The number of anilines is 2. The minimum Gasteiger partial charge on any atom is -0.496 e. The van der Waals surface area contributed by atoms with E-state index in [1.807, 2.05) is 54.9 Å². The minimum atomic E-state index is -0.0436. The van der Waals surface area contributed by atoms with Crippen LogP contribution >= 0.6 is 0 Å². The van der Waals surface area contributed by atoms with Crippen molar-refractivity contribution in [2.24, 2.45) is 0 Å². The van der Waals surface area contributed by atoms with Gasteiger partial charge in [0, 0.05) is 50.7 Å². The quantitative estimate of drug-likeness (QED) is 0.591. The first kappa shape index (κ1) is 21.8. The van der Waals surface area contributed by atoms with Gasteiger partial charge in [-0.3, -0.25) is 14.7 Å². The van der Waals surface area contributed by atoms with Gasteiger partial charge < -0.3 is 15.0 Å². The zero-order chi connectivity index (χ0) is 22.2. The molecule has 1 N–H and O–H groups in total. The van der Waals surface area contributed by atoms with Crippen molar-refractivity contribution in [1.29, 1.82) is 0 Å². The summed E-state index contributed by atoms with van der Waals surface area (Å²) in [6.07, 6.45) is 5.03. The van der Waals surface area contributed by atoms with Crippen LogP contribution in [-0.4, -0.2) is 55.6 Å². The van der Waals surface area contributed by atoms with Crippen molar-refractivity contribution in [2.45, 2.75) is 12.8 Å². The van der Waals surface area contributed by atoms with E-state index in [0.717, 1.165) is 61.8 Å². The first-order chi connectivity index (χ1) is 15.7. The topological polar surface area (TPSA) is 57.7 Å².